The second-order valence-corrected chi connectivity index (χ2v) is 3.30. The van der Waals surface area contributed by atoms with Gasteiger partial charge >= 0.3 is 12.3 Å². The lowest BCUT2D eigenvalue weighted by molar-refractivity contribution is -0.276. The van der Waals surface area contributed by atoms with Gasteiger partial charge in [0.25, 0.3) is 5.56 Å². The normalized spacial score (nSPS) is 11.2. The van der Waals surface area contributed by atoms with Gasteiger partial charge in [-0.3, -0.25) is 9.78 Å². The van der Waals surface area contributed by atoms with Crippen molar-refractivity contribution in [2.24, 2.45) is 0 Å². The zero-order valence-corrected chi connectivity index (χ0v) is 9.69. The molecule has 0 radical (unpaired) electrons. The molecule has 0 amide bonds. The van der Waals surface area contributed by atoms with Crippen LogP contribution in [0.1, 0.15) is 15.9 Å². The second kappa shape index (κ2) is 5.30. The van der Waals surface area contributed by atoms with E-state index in [9.17, 15) is 22.8 Å². The molecule has 18 heavy (non-hydrogen) atoms. The molecule has 1 rings (SSSR count). The zero-order chi connectivity index (χ0) is 13.9. The van der Waals surface area contributed by atoms with Crippen LogP contribution in [0.4, 0.5) is 13.2 Å². The molecular formula is C9H7ClF3NO4. The predicted molar refractivity (Wildman–Crippen MR) is 54.6 cm³/mol. The van der Waals surface area contributed by atoms with E-state index in [4.69, 9.17) is 11.6 Å². The fourth-order valence-electron chi connectivity index (χ4n) is 1.20. The summed E-state index contributed by atoms with van der Waals surface area (Å²) in [7, 11) is 1.03. The molecule has 1 heterocycles. The highest BCUT2D eigenvalue weighted by atomic mass is 35.5. The number of hydrogen-bond acceptors (Lipinski definition) is 4. The highest BCUT2D eigenvalue weighted by Gasteiger charge is 2.32. The molecule has 9 heteroatoms. The number of esters is 1. The van der Waals surface area contributed by atoms with E-state index in [1.807, 2.05) is 0 Å². The molecule has 1 N–H and O–H groups in total. The van der Waals surface area contributed by atoms with E-state index in [2.05, 4.69) is 9.47 Å². The molecule has 1 aromatic heterocycles. The number of aromatic amines is 1. The number of carbonyl (C=O) groups is 1. The molecule has 0 aliphatic rings. The molecule has 100 valence electrons. The van der Waals surface area contributed by atoms with Gasteiger partial charge < -0.3 is 9.47 Å². The van der Waals surface area contributed by atoms with Gasteiger partial charge in [0.1, 0.15) is 5.56 Å². The number of rotatable bonds is 3. The van der Waals surface area contributed by atoms with Crippen LogP contribution in [0, 0.1) is 0 Å². The molecule has 0 spiro atoms. The van der Waals surface area contributed by atoms with Gasteiger partial charge in [-0.25, -0.2) is 4.79 Å². The third-order valence-electron chi connectivity index (χ3n) is 1.85. The number of nitrogens with one attached hydrogen (secondary N) is 1. The van der Waals surface area contributed by atoms with Gasteiger partial charge in [-0.05, 0) is 5.56 Å². The first-order chi connectivity index (χ1) is 8.28. The Labute approximate surface area is 103 Å². The Hall–Kier alpha value is -1.70. The van der Waals surface area contributed by atoms with Crippen molar-refractivity contribution in [3.8, 4) is 5.88 Å². The van der Waals surface area contributed by atoms with Crippen LogP contribution in [0.3, 0.4) is 0 Å². The second-order valence-electron chi connectivity index (χ2n) is 3.04. The standard InChI is InChI=1S/C9H7ClF3NO4/c1-17-8(16)6-4(3-10)2-5(14-7(6)15)18-9(11,12)13/h2H,3H2,1H3,(H,14,15). The van der Waals surface area contributed by atoms with E-state index in [1.54, 1.807) is 4.98 Å². The fraction of sp³-hybridized carbons (Fsp3) is 0.333. The van der Waals surface area contributed by atoms with Crippen molar-refractivity contribution in [1.29, 1.82) is 0 Å². The molecule has 0 aromatic carbocycles. The lowest BCUT2D eigenvalue weighted by Crippen LogP contribution is -2.25. The van der Waals surface area contributed by atoms with Crippen LogP contribution >= 0.6 is 11.6 Å². The summed E-state index contributed by atoms with van der Waals surface area (Å²) >= 11 is 5.45. The minimum atomic E-state index is -4.96. The lowest BCUT2D eigenvalue weighted by Gasteiger charge is -2.10. The fourth-order valence-corrected chi connectivity index (χ4v) is 1.41. The van der Waals surface area contributed by atoms with Gasteiger partial charge in [0.05, 0.1) is 7.11 Å². The summed E-state index contributed by atoms with van der Waals surface area (Å²) in [5, 5.41) is 0. The quantitative estimate of drug-likeness (QED) is 0.679. The van der Waals surface area contributed by atoms with Crippen molar-refractivity contribution in [1.82, 2.24) is 4.98 Å². The number of aromatic nitrogens is 1. The van der Waals surface area contributed by atoms with E-state index in [1.165, 1.54) is 0 Å². The maximum atomic E-state index is 12.0. The van der Waals surface area contributed by atoms with Crippen molar-refractivity contribution in [2.45, 2.75) is 12.2 Å². The molecular weight excluding hydrogens is 279 g/mol. The maximum absolute atomic E-state index is 12.0. The topological polar surface area (TPSA) is 68.4 Å². The summed E-state index contributed by atoms with van der Waals surface area (Å²) in [5.41, 5.74) is -1.65. The number of ether oxygens (including phenoxy) is 2. The third kappa shape index (κ3) is 3.39. The monoisotopic (exact) mass is 285 g/mol. The Morgan fingerprint density at radius 3 is 2.56 bits per heavy atom. The third-order valence-corrected chi connectivity index (χ3v) is 2.14. The first kappa shape index (κ1) is 14.4. The summed E-state index contributed by atoms with van der Waals surface area (Å²) in [6, 6.07) is 0.814. The van der Waals surface area contributed by atoms with Crippen LogP contribution in [0.5, 0.6) is 5.88 Å². The molecule has 0 unspecified atom stereocenters. The molecule has 0 saturated heterocycles. The van der Waals surface area contributed by atoms with Gasteiger partial charge in [0, 0.05) is 11.9 Å². The largest absolute Gasteiger partial charge is 0.574 e. The Bertz CT molecular complexity index is 512. The van der Waals surface area contributed by atoms with Crippen molar-refractivity contribution in [2.75, 3.05) is 7.11 Å². The number of halogens is 4. The van der Waals surface area contributed by atoms with Crippen LogP contribution in [-0.2, 0) is 10.6 Å². The molecule has 0 bridgehead atoms. The van der Waals surface area contributed by atoms with Crippen LogP contribution in [0.25, 0.3) is 0 Å². The Morgan fingerprint density at radius 2 is 2.11 bits per heavy atom. The van der Waals surface area contributed by atoms with Gasteiger partial charge in [-0.15, -0.1) is 24.8 Å². The zero-order valence-electron chi connectivity index (χ0n) is 8.93. The molecule has 0 atom stereocenters. The van der Waals surface area contributed by atoms with Gasteiger partial charge in [-0.2, -0.15) is 0 Å². The number of pyridine rings is 1. The molecule has 0 aliphatic carbocycles. The van der Waals surface area contributed by atoms with Crippen molar-refractivity contribution < 1.29 is 27.4 Å². The molecule has 0 fully saturated rings. The molecule has 5 nitrogen and oxygen atoms in total. The maximum Gasteiger partial charge on any atom is 0.574 e. The summed E-state index contributed by atoms with van der Waals surface area (Å²) in [4.78, 5) is 24.5. The lowest BCUT2D eigenvalue weighted by atomic mass is 10.1. The van der Waals surface area contributed by atoms with Crippen molar-refractivity contribution >= 4 is 17.6 Å². The summed E-state index contributed by atoms with van der Waals surface area (Å²) < 4.78 is 43.7. The summed E-state index contributed by atoms with van der Waals surface area (Å²) in [6.45, 7) is 0. The smallest absolute Gasteiger partial charge is 0.465 e. The molecule has 0 saturated carbocycles. The molecule has 1 aromatic rings. The summed E-state index contributed by atoms with van der Waals surface area (Å²) in [5.74, 6) is -2.19. The average molecular weight is 286 g/mol. The van der Waals surface area contributed by atoms with Gasteiger partial charge in [0.2, 0.25) is 5.88 Å². The number of hydrogen-bond donors (Lipinski definition) is 1. The van der Waals surface area contributed by atoms with E-state index < -0.39 is 29.3 Å². The van der Waals surface area contributed by atoms with E-state index in [0.29, 0.717) is 0 Å². The van der Waals surface area contributed by atoms with E-state index in [0.717, 1.165) is 13.2 Å². The Morgan fingerprint density at radius 1 is 1.50 bits per heavy atom. The first-order valence-corrected chi connectivity index (χ1v) is 4.98. The van der Waals surface area contributed by atoms with Crippen LogP contribution < -0.4 is 10.3 Å². The highest BCUT2D eigenvalue weighted by molar-refractivity contribution is 6.17. The average Bonchev–Trinajstić information content (AvgIpc) is 2.24. The number of carbonyl (C=O) groups excluding carboxylic acids is 1. The summed E-state index contributed by atoms with van der Waals surface area (Å²) in [6.07, 6.45) is -4.96. The van der Waals surface area contributed by atoms with E-state index in [-0.39, 0.29) is 11.4 Å². The highest BCUT2D eigenvalue weighted by Crippen LogP contribution is 2.22. The minimum Gasteiger partial charge on any atom is -0.465 e. The number of H-pyrrole nitrogens is 1. The van der Waals surface area contributed by atoms with Crippen molar-refractivity contribution in [3.63, 3.8) is 0 Å². The van der Waals surface area contributed by atoms with Crippen LogP contribution in [0.2, 0.25) is 0 Å². The van der Waals surface area contributed by atoms with E-state index >= 15 is 0 Å². The predicted octanol–water partition coefficient (Wildman–Crippen LogP) is 1.80. The Kier molecular flexibility index (Phi) is 4.23. The first-order valence-electron chi connectivity index (χ1n) is 4.44. The van der Waals surface area contributed by atoms with Crippen LogP contribution in [0.15, 0.2) is 10.9 Å². The minimum absolute atomic E-state index is 0.119. The van der Waals surface area contributed by atoms with Crippen LogP contribution in [-0.4, -0.2) is 24.4 Å². The number of methoxy groups -OCH3 is 1. The van der Waals surface area contributed by atoms with Crippen molar-refractivity contribution in [3.05, 3.63) is 27.5 Å². The van der Waals surface area contributed by atoms with Gasteiger partial charge in [0.15, 0.2) is 0 Å². The molecule has 0 aliphatic heterocycles. The Balaban J connectivity index is 3.28. The number of alkyl halides is 4. The SMILES string of the molecule is COC(=O)c1c(CCl)cc(OC(F)(F)F)[nH]c1=O. The van der Waals surface area contributed by atoms with Gasteiger partial charge in [-0.1, -0.05) is 0 Å².